The van der Waals surface area contributed by atoms with Gasteiger partial charge in [0.05, 0.1) is 25.5 Å². The van der Waals surface area contributed by atoms with Crippen LogP contribution in [-0.4, -0.2) is 35.6 Å². The number of aromatic amines is 1. The minimum absolute atomic E-state index is 0.0548. The molecule has 6 nitrogen and oxygen atoms in total. The molecule has 1 aliphatic rings. The van der Waals surface area contributed by atoms with Crippen LogP contribution in [0.25, 0.3) is 11.4 Å². The van der Waals surface area contributed by atoms with Gasteiger partial charge >= 0.3 is 0 Å². The molecule has 6 heteroatoms. The van der Waals surface area contributed by atoms with Crippen molar-refractivity contribution in [2.75, 3.05) is 20.8 Å². The maximum Gasteiger partial charge on any atom is 0.255 e. The van der Waals surface area contributed by atoms with Gasteiger partial charge in [-0.25, -0.2) is 4.98 Å². The van der Waals surface area contributed by atoms with Crippen molar-refractivity contribution in [2.24, 2.45) is 0 Å². The number of hydrogen-bond donors (Lipinski definition) is 1. The summed E-state index contributed by atoms with van der Waals surface area (Å²) >= 11 is 0. The first-order chi connectivity index (χ1) is 13.7. The van der Waals surface area contributed by atoms with Crippen molar-refractivity contribution in [3.63, 3.8) is 0 Å². The summed E-state index contributed by atoms with van der Waals surface area (Å²) in [7, 11) is 3.26. The highest BCUT2D eigenvalue weighted by Crippen LogP contribution is 2.28. The largest absolute Gasteiger partial charge is 0.493 e. The third-order valence-electron chi connectivity index (χ3n) is 5.05. The van der Waals surface area contributed by atoms with Gasteiger partial charge in [-0.1, -0.05) is 36.4 Å². The van der Waals surface area contributed by atoms with E-state index in [0.717, 1.165) is 41.9 Å². The number of nitrogens with one attached hydrogen (secondary N) is 1. The van der Waals surface area contributed by atoms with E-state index in [1.807, 2.05) is 48.5 Å². The summed E-state index contributed by atoms with van der Waals surface area (Å²) in [4.78, 5) is 22.6. The van der Waals surface area contributed by atoms with Gasteiger partial charge in [0.2, 0.25) is 0 Å². The molecule has 0 amide bonds. The maximum absolute atomic E-state index is 12.7. The predicted molar refractivity (Wildman–Crippen MR) is 108 cm³/mol. The Kier molecular flexibility index (Phi) is 5.12. The molecule has 0 atom stereocenters. The number of aromatic nitrogens is 2. The second kappa shape index (κ2) is 7.86. The van der Waals surface area contributed by atoms with Crippen molar-refractivity contribution in [2.45, 2.75) is 19.5 Å². The molecule has 2 heterocycles. The van der Waals surface area contributed by atoms with Gasteiger partial charge in [0.25, 0.3) is 5.56 Å². The van der Waals surface area contributed by atoms with Crippen LogP contribution in [0.3, 0.4) is 0 Å². The van der Waals surface area contributed by atoms with Gasteiger partial charge in [0, 0.05) is 31.6 Å². The van der Waals surface area contributed by atoms with Gasteiger partial charge in [-0.15, -0.1) is 0 Å². The lowest BCUT2D eigenvalue weighted by molar-refractivity contribution is 0.241. The normalized spacial score (nSPS) is 13.8. The topological polar surface area (TPSA) is 67.5 Å². The molecular formula is C22H23N3O3. The van der Waals surface area contributed by atoms with Crippen LogP contribution in [0.2, 0.25) is 0 Å². The van der Waals surface area contributed by atoms with Gasteiger partial charge in [0.15, 0.2) is 11.5 Å². The number of ether oxygens (including phenoxy) is 2. The Morgan fingerprint density at radius 1 is 1.07 bits per heavy atom. The minimum atomic E-state index is -0.0548. The van der Waals surface area contributed by atoms with Gasteiger partial charge < -0.3 is 14.5 Å². The Morgan fingerprint density at radius 3 is 2.61 bits per heavy atom. The Hall–Kier alpha value is -3.12. The zero-order valence-electron chi connectivity index (χ0n) is 16.1. The highest BCUT2D eigenvalue weighted by Gasteiger charge is 2.22. The quantitative estimate of drug-likeness (QED) is 0.740. The number of nitrogens with zero attached hydrogens (tertiary/aromatic N) is 2. The summed E-state index contributed by atoms with van der Waals surface area (Å²) < 4.78 is 10.7. The smallest absolute Gasteiger partial charge is 0.255 e. The Bertz CT molecular complexity index is 1030. The van der Waals surface area contributed by atoms with Gasteiger partial charge in [-0.05, 0) is 17.7 Å². The third kappa shape index (κ3) is 3.64. The molecule has 0 spiro atoms. The van der Waals surface area contributed by atoms with Gasteiger partial charge in [-0.2, -0.15) is 0 Å². The van der Waals surface area contributed by atoms with E-state index in [9.17, 15) is 4.79 Å². The van der Waals surface area contributed by atoms with Crippen LogP contribution in [0.1, 0.15) is 16.8 Å². The van der Waals surface area contributed by atoms with Crippen molar-refractivity contribution in [1.82, 2.24) is 14.9 Å². The summed E-state index contributed by atoms with van der Waals surface area (Å²) in [6.45, 7) is 2.17. The number of benzene rings is 2. The molecule has 2 aromatic carbocycles. The molecule has 0 unspecified atom stereocenters. The predicted octanol–water partition coefficient (Wildman–Crippen LogP) is 3.01. The molecule has 1 aromatic heterocycles. The van der Waals surface area contributed by atoms with Crippen LogP contribution in [0.15, 0.2) is 53.3 Å². The molecule has 4 rings (SSSR count). The van der Waals surface area contributed by atoms with Gasteiger partial charge in [-0.3, -0.25) is 9.69 Å². The average molecular weight is 377 g/mol. The Morgan fingerprint density at radius 2 is 1.86 bits per heavy atom. The SMILES string of the molecule is COc1ccc(CN2CCc3nc(-c4ccccc4)[nH]c(=O)c3C2)cc1OC. The van der Waals surface area contributed by atoms with Crippen LogP contribution >= 0.6 is 0 Å². The lowest BCUT2D eigenvalue weighted by atomic mass is 10.1. The molecule has 0 saturated heterocycles. The molecule has 1 N–H and O–H groups in total. The zero-order valence-corrected chi connectivity index (χ0v) is 16.1. The molecular weight excluding hydrogens is 354 g/mol. The number of H-pyrrole nitrogens is 1. The minimum Gasteiger partial charge on any atom is -0.493 e. The first-order valence-electron chi connectivity index (χ1n) is 9.28. The summed E-state index contributed by atoms with van der Waals surface area (Å²) in [6.07, 6.45) is 0.756. The molecule has 144 valence electrons. The second-order valence-corrected chi connectivity index (χ2v) is 6.86. The van der Waals surface area contributed by atoms with Crippen molar-refractivity contribution in [1.29, 1.82) is 0 Å². The third-order valence-corrected chi connectivity index (χ3v) is 5.05. The van der Waals surface area contributed by atoms with Crippen molar-refractivity contribution < 1.29 is 9.47 Å². The van der Waals surface area contributed by atoms with Crippen LogP contribution in [0.4, 0.5) is 0 Å². The molecule has 0 bridgehead atoms. The monoisotopic (exact) mass is 377 g/mol. The van der Waals surface area contributed by atoms with E-state index >= 15 is 0 Å². The summed E-state index contributed by atoms with van der Waals surface area (Å²) in [5.41, 5.74) is 3.64. The Balaban J connectivity index is 1.55. The molecule has 0 aliphatic carbocycles. The van der Waals surface area contributed by atoms with Crippen molar-refractivity contribution in [3.05, 3.63) is 75.7 Å². The van der Waals surface area contributed by atoms with E-state index in [0.29, 0.717) is 23.9 Å². The number of rotatable bonds is 5. The first-order valence-corrected chi connectivity index (χ1v) is 9.28. The summed E-state index contributed by atoms with van der Waals surface area (Å²) in [5.74, 6) is 2.06. The molecule has 1 aliphatic heterocycles. The fourth-order valence-electron chi connectivity index (χ4n) is 3.59. The molecule has 0 saturated carbocycles. The lowest BCUT2D eigenvalue weighted by Gasteiger charge is -2.28. The highest BCUT2D eigenvalue weighted by atomic mass is 16.5. The zero-order chi connectivity index (χ0) is 19.5. The number of methoxy groups -OCH3 is 2. The highest BCUT2D eigenvalue weighted by molar-refractivity contribution is 5.54. The van der Waals surface area contributed by atoms with E-state index in [4.69, 9.17) is 14.5 Å². The van der Waals surface area contributed by atoms with E-state index < -0.39 is 0 Å². The molecule has 0 fully saturated rings. The summed E-state index contributed by atoms with van der Waals surface area (Å²) in [6, 6.07) is 15.7. The second-order valence-electron chi connectivity index (χ2n) is 6.86. The maximum atomic E-state index is 12.7. The van der Waals surface area contributed by atoms with E-state index in [-0.39, 0.29) is 5.56 Å². The van der Waals surface area contributed by atoms with Crippen LogP contribution < -0.4 is 15.0 Å². The fourth-order valence-corrected chi connectivity index (χ4v) is 3.59. The van der Waals surface area contributed by atoms with E-state index in [1.165, 1.54) is 0 Å². The van der Waals surface area contributed by atoms with Crippen molar-refractivity contribution >= 4 is 0 Å². The summed E-state index contributed by atoms with van der Waals surface area (Å²) in [5, 5.41) is 0. The van der Waals surface area contributed by atoms with Crippen LogP contribution in [0.5, 0.6) is 11.5 Å². The average Bonchev–Trinajstić information content (AvgIpc) is 2.74. The number of hydrogen-bond acceptors (Lipinski definition) is 5. The standard InChI is InChI=1S/C22H23N3O3/c1-27-19-9-8-15(12-20(19)28-2)13-25-11-10-18-17(14-25)22(26)24-21(23-18)16-6-4-3-5-7-16/h3-9,12H,10-11,13-14H2,1-2H3,(H,23,24,26). The van der Waals surface area contributed by atoms with E-state index in [1.54, 1.807) is 14.2 Å². The Labute approximate surface area is 163 Å². The first kappa shape index (κ1) is 18.3. The van der Waals surface area contributed by atoms with Crippen LogP contribution in [-0.2, 0) is 19.5 Å². The molecule has 0 radical (unpaired) electrons. The lowest BCUT2D eigenvalue weighted by Crippen LogP contribution is -2.35. The number of fused-ring (bicyclic) bond motifs is 1. The fraction of sp³-hybridized carbons (Fsp3) is 0.273. The van der Waals surface area contributed by atoms with Crippen molar-refractivity contribution in [3.8, 4) is 22.9 Å². The molecule has 28 heavy (non-hydrogen) atoms. The van der Waals surface area contributed by atoms with Crippen LogP contribution in [0, 0.1) is 0 Å². The van der Waals surface area contributed by atoms with Gasteiger partial charge in [0.1, 0.15) is 5.82 Å². The molecule has 3 aromatic rings. The van der Waals surface area contributed by atoms with E-state index in [2.05, 4.69) is 9.88 Å².